The Morgan fingerprint density at radius 1 is 0.968 bits per heavy atom. The minimum Gasteiger partial charge on any atom is -0.361 e. The van der Waals surface area contributed by atoms with Crippen molar-refractivity contribution in [2.24, 2.45) is 0 Å². The maximum absolute atomic E-state index is 14.1. The van der Waals surface area contributed by atoms with Crippen LogP contribution in [0.25, 0.3) is 44.9 Å². The lowest BCUT2D eigenvalue weighted by Crippen LogP contribution is -2.04. The maximum Gasteiger partial charge on any atom is 0.163 e. The van der Waals surface area contributed by atoms with Crippen LogP contribution in [0.15, 0.2) is 77.7 Å². The van der Waals surface area contributed by atoms with Gasteiger partial charge in [0.15, 0.2) is 11.6 Å². The van der Waals surface area contributed by atoms with Crippen LogP contribution in [0.5, 0.6) is 0 Å². The molecule has 2 aromatic carbocycles. The van der Waals surface area contributed by atoms with E-state index in [2.05, 4.69) is 25.2 Å². The predicted molar refractivity (Wildman–Crippen MR) is 113 cm³/mol. The van der Waals surface area contributed by atoms with E-state index in [1.165, 1.54) is 6.07 Å². The largest absolute Gasteiger partial charge is 0.361 e. The second kappa shape index (κ2) is 6.88. The van der Waals surface area contributed by atoms with E-state index in [0.717, 1.165) is 22.2 Å². The Balaban J connectivity index is 1.28. The quantitative estimate of drug-likeness (QED) is 0.453. The zero-order valence-corrected chi connectivity index (χ0v) is 16.2. The van der Waals surface area contributed by atoms with E-state index < -0.39 is 0 Å². The van der Waals surface area contributed by atoms with E-state index >= 15 is 0 Å². The van der Waals surface area contributed by atoms with Crippen LogP contribution in [0, 0.1) is 5.82 Å². The summed E-state index contributed by atoms with van der Waals surface area (Å²) in [5.41, 5.74) is 4.36. The summed E-state index contributed by atoms with van der Waals surface area (Å²) in [5, 5.41) is 9.71. The standard InChI is InChI=1S/C23H15FN6O/c24-18-4-2-1-3-17(18)23-27-21-11-26-30(13-22(21)28-23)12-16-10-20(29-31-16)15-6-5-14-7-8-25-19(14)9-15/h1-11,13,25H,12H2. The molecule has 2 aliphatic heterocycles. The fourth-order valence-electron chi connectivity index (χ4n) is 3.60. The van der Waals surface area contributed by atoms with Crippen LogP contribution in [0.3, 0.4) is 0 Å². The van der Waals surface area contributed by atoms with Gasteiger partial charge < -0.3 is 9.51 Å². The molecule has 0 radical (unpaired) electrons. The minimum absolute atomic E-state index is 0.342. The Bertz CT molecular complexity index is 1500. The van der Waals surface area contributed by atoms with Crippen molar-refractivity contribution < 1.29 is 8.91 Å². The van der Waals surface area contributed by atoms with Gasteiger partial charge >= 0.3 is 0 Å². The van der Waals surface area contributed by atoms with E-state index in [1.54, 1.807) is 35.3 Å². The first kappa shape index (κ1) is 17.5. The van der Waals surface area contributed by atoms with Crippen LogP contribution in [0.2, 0.25) is 0 Å². The Morgan fingerprint density at radius 3 is 2.81 bits per heavy atom. The molecule has 2 aliphatic rings. The smallest absolute Gasteiger partial charge is 0.163 e. The van der Waals surface area contributed by atoms with Gasteiger partial charge in [0.1, 0.15) is 29.4 Å². The summed E-state index contributed by atoms with van der Waals surface area (Å²) in [7, 11) is 0. The zero-order chi connectivity index (χ0) is 20.8. The SMILES string of the molecule is Fc1ccccc1-c1nc2cnn(Cc3cc(-c4ccc5cc[nH]c5c4)no3)cc-2n1. The third-order valence-corrected chi connectivity index (χ3v) is 5.16. The molecule has 0 atom stereocenters. The number of imidazole rings is 1. The number of benzene rings is 2. The summed E-state index contributed by atoms with van der Waals surface area (Å²) in [6.45, 7) is 0.385. The van der Waals surface area contributed by atoms with Crippen molar-refractivity contribution in [3.05, 3.63) is 84.8 Å². The van der Waals surface area contributed by atoms with Crippen molar-refractivity contribution in [1.29, 1.82) is 0 Å². The molecule has 150 valence electrons. The fourth-order valence-corrected chi connectivity index (χ4v) is 3.60. The third-order valence-electron chi connectivity index (χ3n) is 5.16. The Labute approximate surface area is 175 Å². The summed E-state index contributed by atoms with van der Waals surface area (Å²) in [5.74, 6) is 0.645. The van der Waals surface area contributed by atoms with Crippen LogP contribution in [-0.2, 0) is 6.54 Å². The highest BCUT2D eigenvalue weighted by atomic mass is 19.1. The highest BCUT2D eigenvalue weighted by Crippen LogP contribution is 2.27. The Morgan fingerprint density at radius 2 is 1.87 bits per heavy atom. The average Bonchev–Trinajstić information content (AvgIpc) is 3.52. The fraction of sp³-hybridized carbons (Fsp3) is 0.0435. The number of hydrogen-bond acceptors (Lipinski definition) is 5. The molecule has 6 rings (SSSR count). The number of aromatic amines is 1. The molecule has 0 aliphatic carbocycles. The number of fused-ring (bicyclic) bond motifs is 2. The summed E-state index contributed by atoms with van der Waals surface area (Å²) in [4.78, 5) is 12.1. The summed E-state index contributed by atoms with van der Waals surface area (Å²) < 4.78 is 21.3. The van der Waals surface area contributed by atoms with Gasteiger partial charge in [-0.3, -0.25) is 4.68 Å². The Kier molecular flexibility index (Phi) is 3.89. The number of H-pyrrole nitrogens is 1. The zero-order valence-electron chi connectivity index (χ0n) is 16.2. The Hall–Kier alpha value is -4.33. The molecule has 7 nitrogen and oxygen atoms in total. The van der Waals surface area contributed by atoms with Crippen LogP contribution < -0.4 is 0 Å². The summed E-state index contributed by atoms with van der Waals surface area (Å²) in [6.07, 6.45) is 5.29. The first-order valence-corrected chi connectivity index (χ1v) is 9.71. The van der Waals surface area contributed by atoms with Crippen LogP contribution in [0.1, 0.15) is 5.76 Å². The lowest BCUT2D eigenvalue weighted by atomic mass is 10.1. The molecule has 0 amide bonds. The molecule has 4 aromatic rings. The van der Waals surface area contributed by atoms with Crippen molar-refractivity contribution in [2.75, 3.05) is 0 Å². The van der Waals surface area contributed by atoms with Crippen molar-refractivity contribution in [3.8, 4) is 34.0 Å². The molecule has 1 N–H and O–H groups in total. The second-order valence-corrected chi connectivity index (χ2v) is 7.23. The van der Waals surface area contributed by atoms with Crippen LogP contribution >= 0.6 is 0 Å². The molecular weight excluding hydrogens is 395 g/mol. The molecule has 2 aromatic heterocycles. The van der Waals surface area contributed by atoms with Gasteiger partial charge in [0, 0.05) is 23.3 Å². The topological polar surface area (TPSA) is 85.4 Å². The van der Waals surface area contributed by atoms with E-state index in [1.807, 2.05) is 36.5 Å². The van der Waals surface area contributed by atoms with E-state index in [0.29, 0.717) is 35.1 Å². The monoisotopic (exact) mass is 410 g/mol. The molecule has 0 spiro atoms. The molecule has 0 fully saturated rings. The highest BCUT2D eigenvalue weighted by molar-refractivity contribution is 5.84. The number of rotatable bonds is 4. The van der Waals surface area contributed by atoms with Crippen molar-refractivity contribution in [1.82, 2.24) is 29.9 Å². The summed E-state index contributed by atoms with van der Waals surface area (Å²) >= 11 is 0. The molecule has 31 heavy (non-hydrogen) atoms. The lowest BCUT2D eigenvalue weighted by Gasteiger charge is -2.03. The third kappa shape index (κ3) is 3.14. The predicted octanol–water partition coefficient (Wildman–Crippen LogP) is 4.77. The first-order chi connectivity index (χ1) is 15.2. The summed E-state index contributed by atoms with van der Waals surface area (Å²) in [6, 6.07) is 16.5. The number of aromatic nitrogens is 6. The van der Waals surface area contributed by atoms with Gasteiger partial charge in [-0.1, -0.05) is 29.4 Å². The molecule has 0 bridgehead atoms. The van der Waals surface area contributed by atoms with Crippen LogP contribution in [0.4, 0.5) is 4.39 Å². The number of nitrogens with zero attached hydrogens (tertiary/aromatic N) is 5. The number of halogens is 1. The molecule has 4 heterocycles. The van der Waals surface area contributed by atoms with Gasteiger partial charge in [-0.15, -0.1) is 0 Å². The molecule has 0 saturated heterocycles. The number of nitrogens with one attached hydrogen (secondary N) is 1. The molecule has 0 unspecified atom stereocenters. The van der Waals surface area contributed by atoms with Gasteiger partial charge in [-0.05, 0) is 29.7 Å². The average molecular weight is 410 g/mol. The van der Waals surface area contributed by atoms with Gasteiger partial charge in [0.2, 0.25) is 0 Å². The maximum atomic E-state index is 14.1. The van der Waals surface area contributed by atoms with E-state index in [9.17, 15) is 4.39 Å². The van der Waals surface area contributed by atoms with Crippen molar-refractivity contribution in [2.45, 2.75) is 6.54 Å². The van der Waals surface area contributed by atoms with Gasteiger partial charge in [-0.25, -0.2) is 14.4 Å². The second-order valence-electron chi connectivity index (χ2n) is 7.23. The molecular formula is C23H15FN6O. The van der Waals surface area contributed by atoms with Crippen molar-refractivity contribution >= 4 is 10.9 Å². The van der Waals surface area contributed by atoms with E-state index in [4.69, 9.17) is 4.52 Å². The minimum atomic E-state index is -0.356. The normalized spacial score (nSPS) is 11.5. The van der Waals surface area contributed by atoms with Crippen LogP contribution in [-0.4, -0.2) is 29.9 Å². The van der Waals surface area contributed by atoms with Gasteiger partial charge in [0.05, 0.1) is 18.0 Å². The van der Waals surface area contributed by atoms with Gasteiger partial charge in [0.25, 0.3) is 0 Å². The lowest BCUT2D eigenvalue weighted by molar-refractivity contribution is 0.372. The molecule has 8 heteroatoms. The highest BCUT2D eigenvalue weighted by Gasteiger charge is 2.16. The molecule has 0 saturated carbocycles. The first-order valence-electron chi connectivity index (χ1n) is 9.71. The van der Waals surface area contributed by atoms with Gasteiger partial charge in [-0.2, -0.15) is 5.10 Å². The van der Waals surface area contributed by atoms with E-state index in [-0.39, 0.29) is 5.82 Å². The number of hydrogen-bond donors (Lipinski definition) is 1. The van der Waals surface area contributed by atoms with Crippen molar-refractivity contribution in [3.63, 3.8) is 0 Å².